The second-order valence-electron chi connectivity index (χ2n) is 6.40. The third kappa shape index (κ3) is 7.44. The van der Waals surface area contributed by atoms with Crippen molar-refractivity contribution in [3.63, 3.8) is 0 Å². The van der Waals surface area contributed by atoms with Gasteiger partial charge in [0.2, 0.25) is 5.91 Å². The highest BCUT2D eigenvalue weighted by Gasteiger charge is 2.31. The Hall–Kier alpha value is -2.19. The number of rotatable bonds is 11. The Morgan fingerprint density at radius 1 is 1.11 bits per heavy atom. The number of nitrogens with one attached hydrogen (secondary N) is 1. The quantitative estimate of drug-likeness (QED) is 0.324. The first-order valence-corrected chi connectivity index (χ1v) is 10.5. The zero-order valence-electron chi connectivity index (χ0n) is 15.6. The van der Waals surface area contributed by atoms with Crippen LogP contribution in [0.1, 0.15) is 44.1 Å². The summed E-state index contributed by atoms with van der Waals surface area (Å²) < 4.78 is 0.519. The number of benzene rings is 1. The molecule has 0 saturated carbocycles. The fourth-order valence-electron chi connectivity index (χ4n) is 2.69. The summed E-state index contributed by atoms with van der Waals surface area (Å²) in [6.07, 6.45) is 5.01. The SMILES string of the molecule is O=C(O)CCCCCNC(=O)CCCN1C(=O)/C(=C/c2ccccc2)SC1=S. The number of thioether (sulfide) groups is 1. The van der Waals surface area contributed by atoms with Gasteiger partial charge in [0.25, 0.3) is 5.91 Å². The lowest BCUT2D eigenvalue weighted by Gasteiger charge is -2.14. The smallest absolute Gasteiger partial charge is 0.303 e. The molecule has 2 rings (SSSR count). The van der Waals surface area contributed by atoms with E-state index >= 15 is 0 Å². The van der Waals surface area contributed by atoms with Gasteiger partial charge in [0, 0.05) is 25.9 Å². The molecule has 1 saturated heterocycles. The minimum atomic E-state index is -0.793. The Bertz CT molecular complexity index is 750. The van der Waals surface area contributed by atoms with Gasteiger partial charge in [-0.15, -0.1) is 0 Å². The molecule has 0 aliphatic carbocycles. The lowest BCUT2D eigenvalue weighted by Crippen LogP contribution is -2.30. The van der Waals surface area contributed by atoms with E-state index in [9.17, 15) is 14.4 Å². The predicted molar refractivity (Wildman–Crippen MR) is 115 cm³/mol. The zero-order valence-corrected chi connectivity index (χ0v) is 17.2. The highest BCUT2D eigenvalue weighted by Crippen LogP contribution is 2.32. The van der Waals surface area contributed by atoms with Gasteiger partial charge in [-0.2, -0.15) is 0 Å². The van der Waals surface area contributed by atoms with Gasteiger partial charge in [-0.25, -0.2) is 0 Å². The molecule has 150 valence electrons. The molecule has 1 heterocycles. The monoisotopic (exact) mass is 420 g/mol. The summed E-state index contributed by atoms with van der Waals surface area (Å²) in [5, 5.41) is 11.4. The molecule has 1 fully saturated rings. The number of unbranched alkanes of at least 4 members (excludes halogenated alkanes) is 2. The molecular weight excluding hydrogens is 396 g/mol. The van der Waals surface area contributed by atoms with Crippen molar-refractivity contribution in [2.75, 3.05) is 13.1 Å². The lowest BCUT2D eigenvalue weighted by molar-refractivity contribution is -0.137. The second kappa shape index (κ2) is 11.6. The van der Waals surface area contributed by atoms with E-state index in [1.54, 1.807) is 4.90 Å². The molecule has 0 atom stereocenters. The van der Waals surface area contributed by atoms with Crippen molar-refractivity contribution in [3.8, 4) is 0 Å². The van der Waals surface area contributed by atoms with E-state index in [0.29, 0.717) is 41.6 Å². The molecule has 1 aliphatic rings. The molecule has 6 nitrogen and oxygen atoms in total. The maximum atomic E-state index is 12.5. The third-order valence-electron chi connectivity index (χ3n) is 4.15. The van der Waals surface area contributed by atoms with Crippen LogP contribution in [0, 0.1) is 0 Å². The van der Waals surface area contributed by atoms with Gasteiger partial charge in [0.1, 0.15) is 4.32 Å². The largest absolute Gasteiger partial charge is 0.481 e. The number of hydrogen-bond acceptors (Lipinski definition) is 5. The Labute approximate surface area is 174 Å². The van der Waals surface area contributed by atoms with Crippen LogP contribution in [-0.2, 0) is 14.4 Å². The van der Waals surface area contributed by atoms with Crippen LogP contribution in [0.15, 0.2) is 35.2 Å². The van der Waals surface area contributed by atoms with Gasteiger partial charge in [-0.3, -0.25) is 19.3 Å². The second-order valence-corrected chi connectivity index (χ2v) is 8.08. The van der Waals surface area contributed by atoms with Gasteiger partial charge in [0.05, 0.1) is 4.91 Å². The van der Waals surface area contributed by atoms with Gasteiger partial charge in [-0.1, -0.05) is 60.7 Å². The van der Waals surface area contributed by atoms with Crippen LogP contribution in [0.3, 0.4) is 0 Å². The molecule has 1 aromatic rings. The number of carboxylic acid groups (broad SMARTS) is 1. The van der Waals surface area contributed by atoms with Gasteiger partial charge >= 0.3 is 5.97 Å². The molecule has 0 radical (unpaired) electrons. The standard InChI is InChI=1S/C20H24N2O4S2/c23-17(21-12-6-2-5-11-18(24)25)10-7-13-22-19(26)16(28-20(22)27)14-15-8-3-1-4-9-15/h1,3-4,8-9,14H,2,5-7,10-13H2,(H,21,23)(H,24,25)/b16-14-. The Morgan fingerprint density at radius 3 is 2.57 bits per heavy atom. The van der Waals surface area contributed by atoms with Crippen molar-refractivity contribution in [2.45, 2.75) is 38.5 Å². The maximum Gasteiger partial charge on any atom is 0.303 e. The fraction of sp³-hybridized carbons (Fsp3) is 0.400. The fourth-order valence-corrected chi connectivity index (χ4v) is 3.99. The van der Waals surface area contributed by atoms with E-state index in [1.807, 2.05) is 36.4 Å². The number of aliphatic carboxylic acids is 1. The predicted octanol–water partition coefficient (Wildman–Crippen LogP) is 3.43. The number of thiocarbonyl (C=S) groups is 1. The van der Waals surface area contributed by atoms with Gasteiger partial charge in [-0.05, 0) is 30.9 Å². The van der Waals surface area contributed by atoms with Crippen molar-refractivity contribution >= 4 is 52.2 Å². The summed E-state index contributed by atoms with van der Waals surface area (Å²) in [6.45, 7) is 0.960. The number of carboxylic acids is 1. The average molecular weight is 421 g/mol. The van der Waals surface area contributed by atoms with Crippen molar-refractivity contribution in [3.05, 3.63) is 40.8 Å². The number of nitrogens with zero attached hydrogens (tertiary/aromatic N) is 1. The van der Waals surface area contributed by atoms with Gasteiger partial charge < -0.3 is 10.4 Å². The number of carbonyl (C=O) groups excluding carboxylic acids is 2. The van der Waals surface area contributed by atoms with Crippen molar-refractivity contribution in [1.29, 1.82) is 0 Å². The van der Waals surface area contributed by atoms with Crippen LogP contribution in [0.4, 0.5) is 0 Å². The number of carbonyl (C=O) groups is 3. The summed E-state index contributed by atoms with van der Waals surface area (Å²) in [4.78, 5) is 37.0. The number of amides is 2. The van der Waals surface area contributed by atoms with Crippen LogP contribution < -0.4 is 5.32 Å². The number of hydrogen-bond donors (Lipinski definition) is 2. The normalized spacial score (nSPS) is 15.3. The van der Waals surface area contributed by atoms with Crippen molar-refractivity contribution in [1.82, 2.24) is 10.2 Å². The van der Waals surface area contributed by atoms with Gasteiger partial charge in [0.15, 0.2) is 0 Å². The molecule has 0 bridgehead atoms. The lowest BCUT2D eigenvalue weighted by atomic mass is 10.2. The molecule has 0 aromatic heterocycles. The van der Waals surface area contributed by atoms with Crippen LogP contribution in [0.5, 0.6) is 0 Å². The Kier molecular flexibility index (Phi) is 9.16. The summed E-state index contributed by atoms with van der Waals surface area (Å²) in [5.74, 6) is -0.973. The van der Waals surface area contributed by atoms with Crippen LogP contribution >= 0.6 is 24.0 Å². The summed E-state index contributed by atoms with van der Waals surface area (Å²) in [6, 6.07) is 9.61. The van der Waals surface area contributed by atoms with E-state index in [4.69, 9.17) is 17.3 Å². The van der Waals surface area contributed by atoms with Crippen molar-refractivity contribution in [2.24, 2.45) is 0 Å². The molecule has 2 N–H and O–H groups in total. The molecule has 1 aromatic carbocycles. The summed E-state index contributed by atoms with van der Waals surface area (Å²) in [7, 11) is 0. The molecule has 8 heteroatoms. The molecular formula is C20H24N2O4S2. The Morgan fingerprint density at radius 2 is 1.86 bits per heavy atom. The van der Waals surface area contributed by atoms with E-state index < -0.39 is 5.97 Å². The maximum absolute atomic E-state index is 12.5. The Balaban J connectivity index is 1.67. The highest BCUT2D eigenvalue weighted by atomic mass is 32.2. The minimum absolute atomic E-state index is 0.0662. The van der Waals surface area contributed by atoms with E-state index in [1.165, 1.54) is 11.8 Å². The summed E-state index contributed by atoms with van der Waals surface area (Å²) in [5.41, 5.74) is 0.950. The van der Waals surface area contributed by atoms with E-state index in [2.05, 4.69) is 5.32 Å². The summed E-state index contributed by atoms with van der Waals surface area (Å²) >= 11 is 6.59. The molecule has 0 unspecified atom stereocenters. The van der Waals surface area contributed by atoms with E-state index in [-0.39, 0.29) is 18.2 Å². The minimum Gasteiger partial charge on any atom is -0.481 e. The first kappa shape index (κ1) is 22.1. The molecule has 2 amide bonds. The van der Waals surface area contributed by atoms with E-state index in [0.717, 1.165) is 18.4 Å². The highest BCUT2D eigenvalue weighted by molar-refractivity contribution is 8.26. The third-order valence-corrected chi connectivity index (χ3v) is 5.52. The topological polar surface area (TPSA) is 86.7 Å². The first-order valence-electron chi connectivity index (χ1n) is 9.26. The first-order chi connectivity index (χ1) is 13.5. The molecule has 28 heavy (non-hydrogen) atoms. The average Bonchev–Trinajstić information content (AvgIpc) is 2.92. The van der Waals surface area contributed by atoms with Crippen LogP contribution in [0.25, 0.3) is 6.08 Å². The molecule has 0 spiro atoms. The van der Waals surface area contributed by atoms with Crippen LogP contribution in [-0.4, -0.2) is 45.2 Å². The molecule has 1 aliphatic heterocycles. The zero-order chi connectivity index (χ0) is 20.4. The van der Waals surface area contributed by atoms with Crippen molar-refractivity contribution < 1.29 is 19.5 Å². The van der Waals surface area contributed by atoms with Crippen LogP contribution in [0.2, 0.25) is 0 Å².